The first-order chi connectivity index (χ1) is 9.56. The van der Waals surface area contributed by atoms with E-state index in [0.717, 1.165) is 11.6 Å². The second-order valence-corrected chi connectivity index (χ2v) is 4.73. The maximum absolute atomic E-state index is 13.0. The van der Waals surface area contributed by atoms with Gasteiger partial charge in [0.25, 0.3) is 0 Å². The van der Waals surface area contributed by atoms with Crippen molar-refractivity contribution in [3.05, 3.63) is 64.4 Å². The molecule has 104 valence electrons. The van der Waals surface area contributed by atoms with Crippen molar-refractivity contribution in [2.75, 3.05) is 11.9 Å². The van der Waals surface area contributed by atoms with Crippen molar-refractivity contribution in [3.63, 3.8) is 0 Å². The number of rotatable bonds is 5. The molecule has 0 aliphatic carbocycles. The number of carboxylic acid groups (broad SMARTS) is 1. The van der Waals surface area contributed by atoms with E-state index in [1.807, 2.05) is 12.1 Å². The summed E-state index contributed by atoms with van der Waals surface area (Å²) in [4.78, 5) is 11.0. The Hall–Kier alpha value is -2.07. The summed E-state index contributed by atoms with van der Waals surface area (Å²) < 4.78 is 13.0. The van der Waals surface area contributed by atoms with Crippen LogP contribution in [0.3, 0.4) is 0 Å². The van der Waals surface area contributed by atoms with Gasteiger partial charge < -0.3 is 10.4 Å². The molecule has 20 heavy (non-hydrogen) atoms. The number of anilines is 1. The molecule has 3 nitrogen and oxygen atoms in total. The van der Waals surface area contributed by atoms with Crippen molar-refractivity contribution in [2.45, 2.75) is 6.42 Å². The minimum atomic E-state index is -1.15. The summed E-state index contributed by atoms with van der Waals surface area (Å²) in [7, 11) is 0. The van der Waals surface area contributed by atoms with Crippen molar-refractivity contribution in [3.8, 4) is 0 Å². The molecule has 0 atom stereocenters. The third-order valence-corrected chi connectivity index (χ3v) is 3.11. The van der Waals surface area contributed by atoms with Crippen LogP contribution in [-0.4, -0.2) is 17.6 Å². The number of nitrogens with one attached hydrogen (secondary N) is 1. The molecular weight excluding hydrogens is 281 g/mol. The van der Waals surface area contributed by atoms with Crippen LogP contribution in [0.25, 0.3) is 0 Å². The Balaban J connectivity index is 2.00. The topological polar surface area (TPSA) is 49.3 Å². The van der Waals surface area contributed by atoms with Crippen molar-refractivity contribution in [1.82, 2.24) is 0 Å². The molecule has 0 heterocycles. The van der Waals surface area contributed by atoms with Crippen molar-refractivity contribution >= 4 is 23.3 Å². The lowest BCUT2D eigenvalue weighted by molar-refractivity contribution is 0.0697. The van der Waals surface area contributed by atoms with Gasteiger partial charge in [-0.25, -0.2) is 9.18 Å². The molecule has 0 aliphatic heterocycles. The van der Waals surface area contributed by atoms with Crippen LogP contribution in [0.5, 0.6) is 0 Å². The zero-order valence-corrected chi connectivity index (χ0v) is 11.3. The highest BCUT2D eigenvalue weighted by Crippen LogP contribution is 2.17. The highest BCUT2D eigenvalue weighted by Gasteiger charge is 2.10. The number of carboxylic acids is 1. The number of carbonyl (C=O) groups is 1. The predicted molar refractivity (Wildman–Crippen MR) is 77.0 cm³/mol. The van der Waals surface area contributed by atoms with Gasteiger partial charge in [0.1, 0.15) is 5.82 Å². The van der Waals surface area contributed by atoms with Gasteiger partial charge in [-0.15, -0.1) is 0 Å². The van der Waals surface area contributed by atoms with Crippen LogP contribution < -0.4 is 5.32 Å². The first-order valence-electron chi connectivity index (χ1n) is 6.07. The molecule has 0 bridgehead atoms. The highest BCUT2D eigenvalue weighted by molar-refractivity contribution is 6.30. The normalized spacial score (nSPS) is 10.3. The number of hydrogen-bond acceptors (Lipinski definition) is 2. The summed E-state index contributed by atoms with van der Waals surface area (Å²) in [5.41, 5.74) is 1.43. The van der Waals surface area contributed by atoms with E-state index >= 15 is 0 Å². The van der Waals surface area contributed by atoms with E-state index in [1.54, 1.807) is 12.1 Å². The van der Waals surface area contributed by atoms with Gasteiger partial charge in [-0.3, -0.25) is 0 Å². The third-order valence-electron chi connectivity index (χ3n) is 2.85. The maximum Gasteiger partial charge on any atom is 0.337 e. The molecule has 0 saturated carbocycles. The Morgan fingerprint density at radius 1 is 1.20 bits per heavy atom. The summed E-state index contributed by atoms with van der Waals surface area (Å²) in [6, 6.07) is 11.1. The molecule has 0 saturated heterocycles. The van der Waals surface area contributed by atoms with Crippen LogP contribution in [0.1, 0.15) is 15.9 Å². The van der Waals surface area contributed by atoms with Crippen LogP contribution in [0.4, 0.5) is 10.1 Å². The molecule has 0 spiro atoms. The van der Waals surface area contributed by atoms with Gasteiger partial charge in [0.2, 0.25) is 0 Å². The zero-order valence-electron chi connectivity index (χ0n) is 10.6. The largest absolute Gasteiger partial charge is 0.478 e. The van der Waals surface area contributed by atoms with E-state index in [-0.39, 0.29) is 5.56 Å². The lowest BCUT2D eigenvalue weighted by atomic mass is 10.1. The predicted octanol–water partition coefficient (Wildman–Crippen LogP) is 3.83. The Bertz CT molecular complexity index is 614. The maximum atomic E-state index is 13.0. The minimum Gasteiger partial charge on any atom is -0.478 e. The fourth-order valence-corrected chi connectivity index (χ4v) is 1.97. The van der Waals surface area contributed by atoms with Crippen molar-refractivity contribution in [2.24, 2.45) is 0 Å². The molecule has 0 fully saturated rings. The van der Waals surface area contributed by atoms with Gasteiger partial charge in [-0.2, -0.15) is 0 Å². The van der Waals surface area contributed by atoms with Gasteiger partial charge in [0, 0.05) is 17.3 Å². The Morgan fingerprint density at radius 2 is 1.90 bits per heavy atom. The van der Waals surface area contributed by atoms with Gasteiger partial charge in [-0.05, 0) is 42.3 Å². The number of benzene rings is 2. The molecule has 0 unspecified atom stereocenters. The Kier molecular flexibility index (Phi) is 4.58. The van der Waals surface area contributed by atoms with E-state index < -0.39 is 11.8 Å². The zero-order chi connectivity index (χ0) is 14.5. The summed E-state index contributed by atoms with van der Waals surface area (Å²) in [5.74, 6) is -1.72. The van der Waals surface area contributed by atoms with Crippen LogP contribution in [0.2, 0.25) is 5.02 Å². The standard InChI is InChI=1S/C15H13ClFNO2/c16-11-3-1-10(2-4-11)7-8-18-14-6-5-12(17)9-13(14)15(19)20/h1-6,9,18H,7-8H2,(H,19,20). The summed E-state index contributed by atoms with van der Waals surface area (Å²) in [6.07, 6.45) is 0.716. The number of hydrogen-bond donors (Lipinski definition) is 2. The van der Waals surface area contributed by atoms with E-state index in [0.29, 0.717) is 23.7 Å². The lowest BCUT2D eigenvalue weighted by Crippen LogP contribution is -2.09. The first-order valence-corrected chi connectivity index (χ1v) is 6.45. The van der Waals surface area contributed by atoms with E-state index in [4.69, 9.17) is 16.7 Å². The molecule has 5 heteroatoms. The average Bonchev–Trinajstić information content (AvgIpc) is 2.42. The number of halogens is 2. The Morgan fingerprint density at radius 3 is 2.55 bits per heavy atom. The number of aromatic carboxylic acids is 1. The molecular formula is C15H13ClFNO2. The molecule has 0 aliphatic rings. The van der Waals surface area contributed by atoms with E-state index in [2.05, 4.69) is 5.32 Å². The van der Waals surface area contributed by atoms with Gasteiger partial charge in [0.05, 0.1) is 5.56 Å². The smallest absolute Gasteiger partial charge is 0.337 e. The molecule has 2 rings (SSSR count). The molecule has 0 amide bonds. The summed E-state index contributed by atoms with van der Waals surface area (Å²) >= 11 is 5.80. The second kappa shape index (κ2) is 6.39. The van der Waals surface area contributed by atoms with Crippen molar-refractivity contribution in [1.29, 1.82) is 0 Å². The molecule has 0 radical (unpaired) electrons. The lowest BCUT2D eigenvalue weighted by Gasteiger charge is -2.09. The summed E-state index contributed by atoms with van der Waals surface area (Å²) in [5, 5.41) is 12.7. The van der Waals surface area contributed by atoms with E-state index in [9.17, 15) is 9.18 Å². The summed E-state index contributed by atoms with van der Waals surface area (Å²) in [6.45, 7) is 0.549. The molecule has 2 aromatic carbocycles. The van der Waals surface area contributed by atoms with Gasteiger partial charge >= 0.3 is 5.97 Å². The molecule has 0 aromatic heterocycles. The van der Waals surface area contributed by atoms with Crippen molar-refractivity contribution < 1.29 is 14.3 Å². The highest BCUT2D eigenvalue weighted by atomic mass is 35.5. The first kappa shape index (κ1) is 14.3. The van der Waals surface area contributed by atoms with E-state index in [1.165, 1.54) is 12.1 Å². The third kappa shape index (κ3) is 3.71. The van der Waals surface area contributed by atoms with Crippen LogP contribution in [0.15, 0.2) is 42.5 Å². The van der Waals surface area contributed by atoms with Gasteiger partial charge in [-0.1, -0.05) is 23.7 Å². The van der Waals surface area contributed by atoms with Gasteiger partial charge in [0.15, 0.2) is 0 Å². The monoisotopic (exact) mass is 293 g/mol. The second-order valence-electron chi connectivity index (χ2n) is 4.30. The minimum absolute atomic E-state index is 0.0684. The van der Waals surface area contributed by atoms with Crippen LogP contribution in [0, 0.1) is 5.82 Å². The molecule has 2 N–H and O–H groups in total. The quantitative estimate of drug-likeness (QED) is 0.881. The van der Waals surface area contributed by atoms with Crippen LogP contribution >= 0.6 is 11.6 Å². The van der Waals surface area contributed by atoms with Crippen LogP contribution in [-0.2, 0) is 6.42 Å². The fourth-order valence-electron chi connectivity index (χ4n) is 1.84. The molecule has 2 aromatic rings. The average molecular weight is 294 g/mol. The SMILES string of the molecule is O=C(O)c1cc(F)ccc1NCCc1ccc(Cl)cc1. The fraction of sp³-hybridized carbons (Fsp3) is 0.133. The Labute approximate surface area is 121 Å².